The first kappa shape index (κ1) is 9.08. The molecule has 2 atom stereocenters. The van der Waals surface area contributed by atoms with Crippen LogP contribution in [0.25, 0.3) is 0 Å². The highest BCUT2D eigenvalue weighted by atomic mass is 19.1. The van der Waals surface area contributed by atoms with Gasteiger partial charge in [0.05, 0.1) is 4.92 Å². The standard InChI is InChI=1S/C9H9FN2O2/c10-7-3-5(6-4-8(6)11)1-2-9(7)12(13)14/h1-3,6,8H,4,11H2. The summed E-state index contributed by atoms with van der Waals surface area (Å²) in [6.07, 6.45) is 0.831. The Balaban J connectivity index is 2.31. The molecule has 0 aliphatic heterocycles. The van der Waals surface area contributed by atoms with Crippen molar-refractivity contribution >= 4 is 5.69 Å². The lowest BCUT2D eigenvalue weighted by Crippen LogP contribution is -2.01. The highest BCUT2D eigenvalue weighted by molar-refractivity contribution is 5.38. The van der Waals surface area contributed by atoms with Crippen molar-refractivity contribution in [3.8, 4) is 0 Å². The molecule has 0 spiro atoms. The van der Waals surface area contributed by atoms with Crippen LogP contribution in [0.5, 0.6) is 0 Å². The van der Waals surface area contributed by atoms with E-state index in [0.717, 1.165) is 12.0 Å². The van der Waals surface area contributed by atoms with Gasteiger partial charge in [-0.05, 0) is 18.1 Å². The van der Waals surface area contributed by atoms with Crippen LogP contribution >= 0.6 is 0 Å². The molecule has 1 aromatic rings. The smallest absolute Gasteiger partial charge is 0.304 e. The van der Waals surface area contributed by atoms with Crippen molar-refractivity contribution in [1.29, 1.82) is 0 Å². The molecule has 0 bridgehead atoms. The van der Waals surface area contributed by atoms with E-state index in [4.69, 9.17) is 5.73 Å². The molecule has 74 valence electrons. The Hall–Kier alpha value is -1.49. The van der Waals surface area contributed by atoms with Crippen LogP contribution in [0.3, 0.4) is 0 Å². The van der Waals surface area contributed by atoms with Gasteiger partial charge in [0.15, 0.2) is 0 Å². The molecule has 14 heavy (non-hydrogen) atoms. The van der Waals surface area contributed by atoms with E-state index in [0.29, 0.717) is 0 Å². The highest BCUT2D eigenvalue weighted by Crippen LogP contribution is 2.39. The lowest BCUT2D eigenvalue weighted by molar-refractivity contribution is -0.387. The Labute approximate surface area is 79.7 Å². The van der Waals surface area contributed by atoms with Crippen molar-refractivity contribution < 1.29 is 9.31 Å². The van der Waals surface area contributed by atoms with E-state index in [1.807, 2.05) is 0 Å². The molecular weight excluding hydrogens is 187 g/mol. The number of benzene rings is 1. The van der Waals surface area contributed by atoms with Crippen LogP contribution in [0.2, 0.25) is 0 Å². The number of nitro benzene ring substituents is 1. The summed E-state index contributed by atoms with van der Waals surface area (Å²) in [6.45, 7) is 0. The molecular formula is C9H9FN2O2. The molecule has 1 aromatic carbocycles. The van der Waals surface area contributed by atoms with Gasteiger partial charge in [-0.25, -0.2) is 0 Å². The Morgan fingerprint density at radius 3 is 2.64 bits per heavy atom. The monoisotopic (exact) mass is 196 g/mol. The zero-order chi connectivity index (χ0) is 10.3. The third kappa shape index (κ3) is 1.46. The van der Waals surface area contributed by atoms with E-state index >= 15 is 0 Å². The summed E-state index contributed by atoms with van der Waals surface area (Å²) in [6, 6.07) is 4.04. The average molecular weight is 196 g/mol. The summed E-state index contributed by atoms with van der Waals surface area (Å²) in [5, 5.41) is 10.3. The molecule has 1 aliphatic rings. The van der Waals surface area contributed by atoms with Gasteiger partial charge in [-0.3, -0.25) is 10.1 Å². The van der Waals surface area contributed by atoms with Crippen LogP contribution in [0, 0.1) is 15.9 Å². The normalized spacial score (nSPS) is 24.7. The van der Waals surface area contributed by atoms with Crippen molar-refractivity contribution in [2.75, 3.05) is 0 Å². The van der Waals surface area contributed by atoms with Crippen LogP contribution in [0.1, 0.15) is 17.9 Å². The van der Waals surface area contributed by atoms with Gasteiger partial charge in [0.2, 0.25) is 5.82 Å². The summed E-state index contributed by atoms with van der Waals surface area (Å²) < 4.78 is 13.1. The van der Waals surface area contributed by atoms with Crippen LogP contribution in [-0.2, 0) is 0 Å². The summed E-state index contributed by atoms with van der Waals surface area (Å²) in [5.74, 6) is -0.614. The maximum absolute atomic E-state index is 13.1. The lowest BCUT2D eigenvalue weighted by atomic mass is 10.1. The number of nitrogens with two attached hydrogens (primary N) is 1. The molecule has 0 saturated heterocycles. The maximum atomic E-state index is 13.1. The van der Waals surface area contributed by atoms with Crippen molar-refractivity contribution in [1.82, 2.24) is 0 Å². The molecule has 1 aliphatic carbocycles. The van der Waals surface area contributed by atoms with Crippen LogP contribution in [-0.4, -0.2) is 11.0 Å². The molecule has 0 heterocycles. The largest absolute Gasteiger partial charge is 0.327 e. The van der Waals surface area contributed by atoms with E-state index < -0.39 is 16.4 Å². The summed E-state index contributed by atoms with van der Waals surface area (Å²) in [7, 11) is 0. The van der Waals surface area contributed by atoms with Crippen molar-refractivity contribution in [3.05, 3.63) is 39.7 Å². The number of hydrogen-bond donors (Lipinski definition) is 1. The van der Waals surface area contributed by atoms with Gasteiger partial charge in [-0.1, -0.05) is 6.07 Å². The summed E-state index contributed by atoms with van der Waals surface area (Å²) in [5.41, 5.74) is 5.86. The third-order valence-electron chi connectivity index (χ3n) is 2.44. The number of nitrogens with zero attached hydrogens (tertiary/aromatic N) is 1. The second kappa shape index (κ2) is 3.02. The number of nitro groups is 1. The molecule has 2 unspecified atom stereocenters. The Morgan fingerprint density at radius 1 is 1.57 bits per heavy atom. The Bertz CT molecular complexity index is 394. The zero-order valence-corrected chi connectivity index (χ0v) is 7.31. The average Bonchev–Trinajstić information content (AvgIpc) is 2.81. The summed E-state index contributed by atoms with van der Waals surface area (Å²) >= 11 is 0. The Morgan fingerprint density at radius 2 is 2.21 bits per heavy atom. The highest BCUT2D eigenvalue weighted by Gasteiger charge is 2.35. The topological polar surface area (TPSA) is 69.2 Å². The first-order chi connectivity index (χ1) is 6.59. The third-order valence-corrected chi connectivity index (χ3v) is 2.44. The van der Waals surface area contributed by atoms with Crippen molar-refractivity contribution in [2.45, 2.75) is 18.4 Å². The fourth-order valence-corrected chi connectivity index (χ4v) is 1.50. The van der Waals surface area contributed by atoms with E-state index in [9.17, 15) is 14.5 Å². The first-order valence-corrected chi connectivity index (χ1v) is 4.29. The van der Waals surface area contributed by atoms with Crippen molar-refractivity contribution in [2.24, 2.45) is 5.73 Å². The minimum Gasteiger partial charge on any atom is -0.327 e. The molecule has 2 rings (SSSR count). The van der Waals surface area contributed by atoms with Crippen LogP contribution in [0.4, 0.5) is 10.1 Å². The van der Waals surface area contributed by atoms with Gasteiger partial charge in [0.25, 0.3) is 0 Å². The maximum Gasteiger partial charge on any atom is 0.304 e. The van der Waals surface area contributed by atoms with Gasteiger partial charge in [0, 0.05) is 18.0 Å². The van der Waals surface area contributed by atoms with E-state index in [1.165, 1.54) is 12.1 Å². The number of hydrogen-bond acceptors (Lipinski definition) is 3. The summed E-state index contributed by atoms with van der Waals surface area (Å²) in [4.78, 5) is 9.59. The minimum atomic E-state index is -0.786. The zero-order valence-electron chi connectivity index (χ0n) is 7.31. The molecule has 0 radical (unpaired) electrons. The van der Waals surface area contributed by atoms with Crippen LogP contribution < -0.4 is 5.73 Å². The molecule has 0 aromatic heterocycles. The van der Waals surface area contributed by atoms with E-state index in [1.54, 1.807) is 6.07 Å². The molecule has 4 nitrogen and oxygen atoms in total. The van der Waals surface area contributed by atoms with Gasteiger partial charge < -0.3 is 5.73 Å². The van der Waals surface area contributed by atoms with Gasteiger partial charge in [-0.15, -0.1) is 0 Å². The number of halogens is 1. The SMILES string of the molecule is NC1CC1c1ccc([N+](=O)[O-])c(F)c1. The molecule has 5 heteroatoms. The fraction of sp³-hybridized carbons (Fsp3) is 0.333. The second-order valence-corrected chi connectivity index (χ2v) is 3.47. The predicted octanol–water partition coefficient (Wildman–Crippen LogP) is 1.55. The predicted molar refractivity (Wildman–Crippen MR) is 48.4 cm³/mol. The minimum absolute atomic E-state index is 0.0795. The number of rotatable bonds is 2. The fourth-order valence-electron chi connectivity index (χ4n) is 1.50. The lowest BCUT2D eigenvalue weighted by Gasteiger charge is -1.99. The molecule has 1 saturated carbocycles. The van der Waals surface area contributed by atoms with E-state index in [2.05, 4.69) is 0 Å². The molecule has 0 amide bonds. The Kier molecular flexibility index (Phi) is 1.96. The van der Waals surface area contributed by atoms with Gasteiger partial charge >= 0.3 is 5.69 Å². The van der Waals surface area contributed by atoms with Gasteiger partial charge in [0.1, 0.15) is 0 Å². The van der Waals surface area contributed by atoms with Crippen molar-refractivity contribution in [3.63, 3.8) is 0 Å². The molecule has 2 N–H and O–H groups in total. The first-order valence-electron chi connectivity index (χ1n) is 4.29. The van der Waals surface area contributed by atoms with Crippen LogP contribution in [0.15, 0.2) is 18.2 Å². The van der Waals surface area contributed by atoms with E-state index in [-0.39, 0.29) is 12.0 Å². The quantitative estimate of drug-likeness (QED) is 0.576. The second-order valence-electron chi connectivity index (χ2n) is 3.47. The van der Waals surface area contributed by atoms with Gasteiger partial charge in [-0.2, -0.15) is 4.39 Å². The molecule has 1 fully saturated rings.